The van der Waals surface area contributed by atoms with Crippen LogP contribution in [-0.2, 0) is 60.8 Å². The summed E-state index contributed by atoms with van der Waals surface area (Å²) in [5.74, 6) is -6.81. The summed E-state index contributed by atoms with van der Waals surface area (Å²) in [7, 11) is 1.60. The Morgan fingerprint density at radius 1 is 0.614 bits per heavy atom. The van der Waals surface area contributed by atoms with Gasteiger partial charge in [-0.15, -0.1) is 0 Å². The van der Waals surface area contributed by atoms with E-state index in [4.69, 9.17) is 22.6 Å². The molecule has 70 heavy (non-hydrogen) atoms. The maximum Gasteiger partial charge on any atom is 0.243 e. The Morgan fingerprint density at radius 3 is 1.74 bits per heavy atom. The molecule has 3 rings (SSSR count). The summed E-state index contributed by atoms with van der Waals surface area (Å²) in [5, 5.41) is 31.8. The molecule has 380 valence electrons. The quantitative estimate of drug-likeness (QED) is 0.0129. The van der Waals surface area contributed by atoms with Crippen molar-refractivity contribution in [2.45, 2.75) is 107 Å². The lowest BCUT2D eigenvalue weighted by molar-refractivity contribution is -0.135. The van der Waals surface area contributed by atoms with Gasteiger partial charge >= 0.3 is 0 Å². The highest BCUT2D eigenvalue weighted by molar-refractivity contribution is 5.96. The fourth-order valence-corrected chi connectivity index (χ4v) is 7.31. The average molecular weight is 975 g/mol. The zero-order valence-corrected chi connectivity index (χ0v) is 39.3. The molecule has 0 aliphatic rings. The highest BCUT2D eigenvalue weighted by Gasteiger charge is 2.32. The van der Waals surface area contributed by atoms with E-state index in [1.54, 1.807) is 43.6 Å². The topological polar surface area (TPSA) is 397 Å². The van der Waals surface area contributed by atoms with E-state index in [1.165, 1.54) is 6.92 Å². The van der Waals surface area contributed by atoms with Crippen molar-refractivity contribution in [3.8, 4) is 0 Å². The molecular formula is C46H66N14O10. The number of aromatic nitrogens is 1. The van der Waals surface area contributed by atoms with Gasteiger partial charge in [0.25, 0.3) is 0 Å². The third-order valence-corrected chi connectivity index (χ3v) is 11.0. The van der Waals surface area contributed by atoms with E-state index in [-0.39, 0.29) is 83.4 Å². The minimum atomic E-state index is -1.48. The van der Waals surface area contributed by atoms with Crippen LogP contribution in [0.15, 0.2) is 60.8 Å². The number of para-hydroxylation sites is 1. The number of carbonyl (C=O) groups excluding carboxylic acids is 10. The number of carbonyl (C=O) groups is 10. The first-order valence-corrected chi connectivity index (χ1v) is 22.8. The number of benzene rings is 2. The lowest BCUT2D eigenvalue weighted by Gasteiger charge is -2.26. The van der Waals surface area contributed by atoms with Crippen molar-refractivity contribution in [3.63, 3.8) is 0 Å². The van der Waals surface area contributed by atoms with Crippen LogP contribution in [0.2, 0.25) is 0 Å². The van der Waals surface area contributed by atoms with Gasteiger partial charge in [0, 0.05) is 56.4 Å². The van der Waals surface area contributed by atoms with Crippen LogP contribution in [0.3, 0.4) is 0 Å². The highest BCUT2D eigenvalue weighted by Crippen LogP contribution is 2.19. The van der Waals surface area contributed by atoms with Crippen LogP contribution in [-0.4, -0.2) is 133 Å². The molecule has 0 aliphatic heterocycles. The molecule has 1 heterocycles. The molecule has 3 aromatic rings. The summed E-state index contributed by atoms with van der Waals surface area (Å²) in [4.78, 5) is 132. The summed E-state index contributed by atoms with van der Waals surface area (Å²) in [6.07, 6.45) is 1.73. The van der Waals surface area contributed by atoms with Crippen molar-refractivity contribution in [1.29, 1.82) is 5.41 Å². The van der Waals surface area contributed by atoms with Gasteiger partial charge in [-0.05, 0) is 69.2 Å². The second kappa shape index (κ2) is 29.8. The second-order valence-electron chi connectivity index (χ2n) is 16.4. The maximum atomic E-state index is 14.1. The predicted octanol–water partition coefficient (Wildman–Crippen LogP) is -3.01. The van der Waals surface area contributed by atoms with Crippen molar-refractivity contribution >= 4 is 76.3 Å². The van der Waals surface area contributed by atoms with E-state index in [2.05, 4.69) is 52.8 Å². The summed E-state index contributed by atoms with van der Waals surface area (Å²) in [6.45, 7) is 0.991. The first-order chi connectivity index (χ1) is 33.4. The summed E-state index contributed by atoms with van der Waals surface area (Å²) >= 11 is 0. The number of nitrogens with two attached hydrogens (primary N) is 3. The Kier molecular flexibility index (Phi) is 24.0. The van der Waals surface area contributed by atoms with E-state index < -0.39 is 89.4 Å². The molecule has 0 saturated heterocycles. The number of amides is 9. The van der Waals surface area contributed by atoms with Gasteiger partial charge < -0.3 is 74.8 Å². The van der Waals surface area contributed by atoms with E-state index in [0.717, 1.165) is 16.5 Å². The number of hydrogen-bond donors (Lipinski definition) is 14. The molecule has 24 heteroatoms. The average Bonchev–Trinajstić information content (AvgIpc) is 3.73. The number of nitrogens with one attached hydrogen (secondary N) is 11. The Balaban J connectivity index is 1.74. The Morgan fingerprint density at radius 2 is 1.16 bits per heavy atom. The number of aldehydes is 1. The van der Waals surface area contributed by atoms with E-state index in [1.807, 2.05) is 24.3 Å². The van der Waals surface area contributed by atoms with Crippen molar-refractivity contribution in [3.05, 3.63) is 71.9 Å². The molecule has 17 N–H and O–H groups in total. The zero-order valence-electron chi connectivity index (χ0n) is 39.3. The normalized spacial score (nSPS) is 13.4. The zero-order chi connectivity index (χ0) is 51.6. The molecule has 0 radical (unpaired) electrons. The largest absolute Gasteiger partial charge is 0.370 e. The van der Waals surface area contributed by atoms with Crippen molar-refractivity contribution in [2.75, 3.05) is 26.7 Å². The van der Waals surface area contributed by atoms with Gasteiger partial charge in [0.15, 0.2) is 5.96 Å². The standard InChI is InChI=1S/C46H66N14O10/c1-27(62)56-33(14-9-21-54-46(49)50)42(67)58-34(43(68)59-35(16-18-38(47)63)44(69)60-37(41(66)53-22-23-61)24-28-10-4-3-5-11-28)15-8-20-52-39(64)19-17-32(40(48)65)57-45(70)36(51-2)25-29-26-55-31-13-7-6-12-30(29)31/h3-7,10-13,23,26,32-37,51,55H,8-9,14-22,24-25H2,1-2H3,(H2,47,63)(H2,48,65)(H,52,64)(H,53,66)(H,56,62)(H,57,70)(H,58,67)(H,59,68)(H,60,69)(H4,49,50,54)/t32?,33?,34?,35-,36-,37?/m0/s1. The van der Waals surface area contributed by atoms with Crippen LogP contribution in [0.5, 0.6) is 0 Å². The summed E-state index contributed by atoms with van der Waals surface area (Å²) in [6, 6.07) is 9.04. The fourth-order valence-electron chi connectivity index (χ4n) is 7.31. The lowest BCUT2D eigenvalue weighted by Crippen LogP contribution is -2.58. The van der Waals surface area contributed by atoms with Gasteiger partial charge in [-0.25, -0.2) is 0 Å². The molecule has 24 nitrogen and oxygen atoms in total. The monoisotopic (exact) mass is 975 g/mol. The number of H-pyrrole nitrogens is 1. The van der Waals surface area contributed by atoms with Gasteiger partial charge in [0.2, 0.25) is 53.2 Å². The minimum absolute atomic E-state index is 0.00818. The Labute approximate surface area is 404 Å². The van der Waals surface area contributed by atoms with E-state index in [9.17, 15) is 47.9 Å². The van der Waals surface area contributed by atoms with Gasteiger partial charge in [-0.2, -0.15) is 0 Å². The summed E-state index contributed by atoms with van der Waals surface area (Å²) in [5.41, 5.74) is 18.8. The van der Waals surface area contributed by atoms with Gasteiger partial charge in [-0.1, -0.05) is 48.5 Å². The van der Waals surface area contributed by atoms with Crippen molar-refractivity contribution < 1.29 is 47.9 Å². The van der Waals surface area contributed by atoms with Crippen molar-refractivity contribution in [2.24, 2.45) is 17.2 Å². The number of aromatic amines is 1. The third-order valence-electron chi connectivity index (χ3n) is 11.0. The smallest absolute Gasteiger partial charge is 0.243 e. The molecular weight excluding hydrogens is 909 g/mol. The lowest BCUT2D eigenvalue weighted by atomic mass is 10.0. The number of fused-ring (bicyclic) bond motifs is 1. The first-order valence-electron chi connectivity index (χ1n) is 22.8. The second-order valence-corrected chi connectivity index (χ2v) is 16.4. The molecule has 9 amide bonds. The number of rotatable bonds is 32. The van der Waals surface area contributed by atoms with Crippen LogP contribution in [0.4, 0.5) is 0 Å². The van der Waals surface area contributed by atoms with Gasteiger partial charge in [0.05, 0.1) is 12.6 Å². The highest BCUT2D eigenvalue weighted by atomic mass is 16.2. The first kappa shape index (κ1) is 56.4. The summed E-state index contributed by atoms with van der Waals surface area (Å²) < 4.78 is 0. The van der Waals surface area contributed by atoms with Crippen LogP contribution in [0, 0.1) is 5.41 Å². The Bertz CT molecular complexity index is 2290. The maximum absolute atomic E-state index is 14.1. The van der Waals surface area contributed by atoms with Crippen LogP contribution in [0.25, 0.3) is 10.9 Å². The molecule has 6 atom stereocenters. The van der Waals surface area contributed by atoms with Gasteiger partial charge in [0.1, 0.15) is 36.5 Å². The molecule has 4 unspecified atom stereocenters. The van der Waals surface area contributed by atoms with E-state index in [0.29, 0.717) is 18.3 Å². The molecule has 0 aliphatic carbocycles. The number of likely N-dealkylation sites (N-methyl/N-ethyl adjacent to an activating group) is 1. The fraction of sp³-hybridized carbons (Fsp3) is 0.457. The van der Waals surface area contributed by atoms with Crippen LogP contribution >= 0.6 is 0 Å². The number of primary amides is 2. The van der Waals surface area contributed by atoms with Crippen LogP contribution < -0.4 is 65.1 Å². The molecule has 0 fully saturated rings. The van der Waals surface area contributed by atoms with Crippen LogP contribution in [0.1, 0.15) is 69.4 Å². The molecule has 0 spiro atoms. The number of hydrogen-bond acceptors (Lipinski definition) is 12. The van der Waals surface area contributed by atoms with Gasteiger partial charge in [-0.3, -0.25) is 48.6 Å². The minimum Gasteiger partial charge on any atom is -0.370 e. The van der Waals surface area contributed by atoms with Crippen molar-refractivity contribution in [1.82, 2.24) is 52.8 Å². The molecule has 2 aromatic carbocycles. The predicted molar refractivity (Wildman–Crippen MR) is 258 cm³/mol. The molecule has 1 aromatic heterocycles. The molecule has 0 bridgehead atoms. The third kappa shape index (κ3) is 20.1. The SMILES string of the molecule is CN[C@@H](Cc1c[nH]c2ccccc12)C(=O)NC(CCC(=O)NCCCC(NC(=O)C(CCCNC(=N)N)NC(C)=O)C(=O)N[C@@H](CCC(N)=O)C(=O)NC(Cc1ccccc1)C(=O)NCC=O)C(N)=O. The number of guanidine groups is 1. The molecule has 0 saturated carbocycles. The van der Waals surface area contributed by atoms with E-state index >= 15 is 0 Å². The Hall–Kier alpha value is -7.89.